The van der Waals surface area contributed by atoms with E-state index < -0.39 is 16.8 Å². The minimum atomic E-state index is -1.27. The van der Waals surface area contributed by atoms with Gasteiger partial charge in [0.2, 0.25) is 5.92 Å². The average molecular weight is 236 g/mol. The van der Waals surface area contributed by atoms with Gasteiger partial charge in [-0.05, 0) is 6.92 Å². The van der Waals surface area contributed by atoms with Crippen LogP contribution in [-0.4, -0.2) is 27.5 Å². The zero-order valence-electron chi connectivity index (χ0n) is 8.86. The average Bonchev–Trinajstić information content (AvgIpc) is 2.31. The van der Waals surface area contributed by atoms with Gasteiger partial charge in [-0.2, -0.15) is 5.26 Å². The Morgan fingerprint density at radius 1 is 1.65 bits per heavy atom. The van der Waals surface area contributed by atoms with Crippen LogP contribution >= 0.6 is 0 Å². The molecule has 0 fully saturated rings. The molecule has 0 radical (unpaired) electrons. The molecule has 8 heteroatoms. The number of rotatable bonds is 4. The van der Waals surface area contributed by atoms with Crippen LogP contribution in [0.3, 0.4) is 0 Å². The van der Waals surface area contributed by atoms with Crippen molar-refractivity contribution in [3.8, 4) is 6.07 Å². The van der Waals surface area contributed by atoms with E-state index in [0.717, 1.165) is 12.4 Å². The van der Waals surface area contributed by atoms with Crippen LogP contribution in [0.1, 0.15) is 18.7 Å². The van der Waals surface area contributed by atoms with Crippen molar-refractivity contribution < 1.29 is 14.5 Å². The largest absolute Gasteiger partial charge is 0.465 e. The zero-order valence-corrected chi connectivity index (χ0v) is 8.86. The van der Waals surface area contributed by atoms with E-state index in [1.165, 1.54) is 0 Å². The molecule has 0 aromatic carbocycles. The Hall–Kier alpha value is -2.56. The Kier molecular flexibility index (Phi) is 4.05. The molecule has 8 nitrogen and oxygen atoms in total. The number of esters is 1. The van der Waals surface area contributed by atoms with Gasteiger partial charge in [0.1, 0.15) is 12.4 Å². The third kappa shape index (κ3) is 2.94. The molecule has 1 atom stereocenters. The first-order valence-corrected chi connectivity index (χ1v) is 4.62. The first-order chi connectivity index (χ1) is 8.10. The summed E-state index contributed by atoms with van der Waals surface area (Å²) < 4.78 is 4.65. The normalized spacial score (nSPS) is 11.3. The molecule has 0 saturated carbocycles. The predicted molar refractivity (Wildman–Crippen MR) is 53.7 cm³/mol. The summed E-state index contributed by atoms with van der Waals surface area (Å²) in [6.07, 6.45) is 1.87. The highest BCUT2D eigenvalue weighted by atomic mass is 16.6. The molecule has 0 saturated heterocycles. The number of ether oxygens (including phenoxy) is 1. The Morgan fingerprint density at radius 3 is 2.65 bits per heavy atom. The summed E-state index contributed by atoms with van der Waals surface area (Å²) >= 11 is 0. The van der Waals surface area contributed by atoms with Crippen LogP contribution in [0.15, 0.2) is 12.4 Å². The smallest absolute Gasteiger partial charge is 0.331 e. The lowest BCUT2D eigenvalue weighted by Crippen LogP contribution is -2.17. The van der Waals surface area contributed by atoms with Crippen molar-refractivity contribution in [2.45, 2.75) is 12.8 Å². The highest BCUT2D eigenvalue weighted by molar-refractivity contribution is 5.80. The summed E-state index contributed by atoms with van der Waals surface area (Å²) in [5.41, 5.74) is -0.311. The van der Waals surface area contributed by atoms with Crippen molar-refractivity contribution in [2.75, 3.05) is 6.61 Å². The van der Waals surface area contributed by atoms with Crippen molar-refractivity contribution in [1.82, 2.24) is 9.97 Å². The lowest BCUT2D eigenvalue weighted by atomic mass is 10.1. The minimum absolute atomic E-state index is 0.114. The molecule has 1 rings (SSSR count). The summed E-state index contributed by atoms with van der Waals surface area (Å²) in [6.45, 7) is 1.73. The van der Waals surface area contributed by atoms with E-state index in [9.17, 15) is 14.9 Å². The molecule has 0 aliphatic carbocycles. The molecule has 1 aromatic rings. The number of carbonyl (C=O) groups is 1. The molecule has 1 heterocycles. The second kappa shape index (κ2) is 5.50. The molecule has 0 N–H and O–H groups in total. The number of hydrogen-bond donors (Lipinski definition) is 0. The van der Waals surface area contributed by atoms with Crippen molar-refractivity contribution in [3.05, 3.63) is 28.3 Å². The van der Waals surface area contributed by atoms with Crippen LogP contribution in [0, 0.1) is 21.4 Å². The molecule has 0 amide bonds. The standard InChI is InChI=1S/C9H8N4O4/c1-2-17-9(14)7(3-10)8-11-4-6(5-12-8)13(15)16/h4-5,7H,2H2,1H3. The second-order valence-corrected chi connectivity index (χ2v) is 2.87. The van der Waals surface area contributed by atoms with Crippen molar-refractivity contribution in [2.24, 2.45) is 0 Å². The van der Waals surface area contributed by atoms with E-state index >= 15 is 0 Å². The van der Waals surface area contributed by atoms with Gasteiger partial charge >= 0.3 is 11.7 Å². The SMILES string of the molecule is CCOC(=O)C(C#N)c1ncc([N+](=O)[O-])cn1. The Morgan fingerprint density at radius 2 is 2.24 bits per heavy atom. The zero-order chi connectivity index (χ0) is 12.8. The molecule has 0 aliphatic heterocycles. The van der Waals surface area contributed by atoms with Gasteiger partial charge in [-0.3, -0.25) is 14.9 Å². The quantitative estimate of drug-likeness (QED) is 0.425. The van der Waals surface area contributed by atoms with Crippen LogP contribution in [0.5, 0.6) is 0 Å². The molecule has 0 bridgehead atoms. The third-order valence-corrected chi connectivity index (χ3v) is 1.78. The Labute approximate surface area is 96.0 Å². The van der Waals surface area contributed by atoms with Crippen LogP contribution in [-0.2, 0) is 9.53 Å². The van der Waals surface area contributed by atoms with Crippen LogP contribution < -0.4 is 0 Å². The van der Waals surface area contributed by atoms with Crippen molar-refractivity contribution >= 4 is 11.7 Å². The Balaban J connectivity index is 2.94. The molecule has 88 valence electrons. The summed E-state index contributed by atoms with van der Waals surface area (Å²) in [4.78, 5) is 28.2. The van der Waals surface area contributed by atoms with Gasteiger partial charge in [-0.1, -0.05) is 0 Å². The van der Waals surface area contributed by atoms with Crippen LogP contribution in [0.2, 0.25) is 0 Å². The minimum Gasteiger partial charge on any atom is -0.465 e. The maximum Gasteiger partial charge on any atom is 0.331 e. The van der Waals surface area contributed by atoms with Gasteiger partial charge in [-0.15, -0.1) is 0 Å². The molecular weight excluding hydrogens is 228 g/mol. The van der Waals surface area contributed by atoms with E-state index in [2.05, 4.69) is 14.7 Å². The fourth-order valence-electron chi connectivity index (χ4n) is 1.02. The van der Waals surface area contributed by atoms with Gasteiger partial charge < -0.3 is 4.74 Å². The molecule has 0 aliphatic rings. The molecule has 0 spiro atoms. The summed E-state index contributed by atoms with van der Waals surface area (Å²) in [7, 11) is 0. The topological polar surface area (TPSA) is 119 Å². The number of hydrogen-bond acceptors (Lipinski definition) is 7. The van der Waals surface area contributed by atoms with Gasteiger partial charge in [0, 0.05) is 0 Å². The first-order valence-electron chi connectivity index (χ1n) is 4.62. The molecule has 1 aromatic heterocycles. The van der Waals surface area contributed by atoms with Gasteiger partial charge in [-0.25, -0.2) is 9.97 Å². The number of nitro groups is 1. The van der Waals surface area contributed by atoms with Crippen molar-refractivity contribution in [3.63, 3.8) is 0 Å². The summed E-state index contributed by atoms with van der Waals surface area (Å²) in [5.74, 6) is -2.16. The second-order valence-electron chi connectivity index (χ2n) is 2.87. The monoisotopic (exact) mass is 236 g/mol. The van der Waals surface area contributed by atoms with Crippen LogP contribution in [0.4, 0.5) is 5.69 Å². The van der Waals surface area contributed by atoms with E-state index in [1.54, 1.807) is 13.0 Å². The van der Waals surface area contributed by atoms with Gasteiger partial charge in [0.15, 0.2) is 5.82 Å². The fraction of sp³-hybridized carbons (Fsp3) is 0.333. The Bertz CT molecular complexity index is 465. The van der Waals surface area contributed by atoms with E-state index in [1.807, 2.05) is 0 Å². The molecule has 17 heavy (non-hydrogen) atoms. The van der Waals surface area contributed by atoms with E-state index in [-0.39, 0.29) is 18.1 Å². The number of nitriles is 1. The van der Waals surface area contributed by atoms with Gasteiger partial charge in [0.05, 0.1) is 17.6 Å². The van der Waals surface area contributed by atoms with Gasteiger partial charge in [0.25, 0.3) is 0 Å². The summed E-state index contributed by atoms with van der Waals surface area (Å²) in [6, 6.07) is 1.68. The number of aromatic nitrogens is 2. The fourth-order valence-corrected chi connectivity index (χ4v) is 1.02. The highest BCUT2D eigenvalue weighted by Gasteiger charge is 2.25. The maximum atomic E-state index is 11.3. The first kappa shape index (κ1) is 12.5. The summed E-state index contributed by atoms with van der Waals surface area (Å²) in [5, 5.41) is 19.1. The van der Waals surface area contributed by atoms with Crippen molar-refractivity contribution in [1.29, 1.82) is 5.26 Å². The maximum absolute atomic E-state index is 11.3. The number of nitrogens with zero attached hydrogens (tertiary/aromatic N) is 4. The lowest BCUT2D eigenvalue weighted by Gasteiger charge is -2.05. The highest BCUT2D eigenvalue weighted by Crippen LogP contribution is 2.14. The molecular formula is C9H8N4O4. The van der Waals surface area contributed by atoms with E-state index in [0.29, 0.717) is 0 Å². The van der Waals surface area contributed by atoms with Crippen LogP contribution in [0.25, 0.3) is 0 Å². The molecule has 1 unspecified atom stereocenters. The third-order valence-electron chi connectivity index (χ3n) is 1.78. The predicted octanol–water partition coefficient (Wildman–Crippen LogP) is 0.555. The lowest BCUT2D eigenvalue weighted by molar-refractivity contribution is -0.385. The number of carbonyl (C=O) groups excluding carboxylic acids is 1. The van der Waals surface area contributed by atoms with E-state index in [4.69, 9.17) is 5.26 Å².